The first-order valence-corrected chi connectivity index (χ1v) is 6.22. The molecule has 1 aliphatic rings. The molecule has 0 spiro atoms. The number of amides is 1. The van der Waals surface area contributed by atoms with Crippen molar-refractivity contribution in [3.05, 3.63) is 35.4 Å². The van der Waals surface area contributed by atoms with Crippen LogP contribution in [0.2, 0.25) is 0 Å². The van der Waals surface area contributed by atoms with Crippen LogP contribution in [0.25, 0.3) is 0 Å². The van der Waals surface area contributed by atoms with Crippen LogP contribution in [0.4, 0.5) is 8.78 Å². The van der Waals surface area contributed by atoms with Crippen LogP contribution in [0.3, 0.4) is 0 Å². The third-order valence-corrected chi connectivity index (χ3v) is 3.60. The fraction of sp³-hybridized carbons (Fsp3) is 0.273. The van der Waals surface area contributed by atoms with Gasteiger partial charge in [-0.15, -0.1) is 11.8 Å². The quantitative estimate of drug-likeness (QED) is 0.888. The Bertz CT molecular complexity index is 509. The summed E-state index contributed by atoms with van der Waals surface area (Å²) < 4.78 is 26.2. The Hall–Kier alpha value is -1.63. The SMILES string of the molecule is O=C(O)[C@@H]1CSCN1C(=O)c1ccc(F)cc1F. The van der Waals surface area contributed by atoms with E-state index in [0.29, 0.717) is 6.07 Å². The van der Waals surface area contributed by atoms with Gasteiger partial charge in [0.25, 0.3) is 5.91 Å². The molecule has 0 saturated carbocycles. The van der Waals surface area contributed by atoms with Gasteiger partial charge in [0.1, 0.15) is 17.7 Å². The lowest BCUT2D eigenvalue weighted by atomic mass is 10.1. The van der Waals surface area contributed by atoms with E-state index in [1.54, 1.807) is 0 Å². The zero-order valence-corrected chi connectivity index (χ0v) is 9.92. The van der Waals surface area contributed by atoms with E-state index in [1.807, 2.05) is 0 Å². The molecule has 1 aromatic rings. The summed E-state index contributed by atoms with van der Waals surface area (Å²) in [7, 11) is 0. The smallest absolute Gasteiger partial charge is 0.327 e. The van der Waals surface area contributed by atoms with Crippen molar-refractivity contribution < 1.29 is 23.5 Å². The number of hydrogen-bond acceptors (Lipinski definition) is 3. The molecular formula is C11H9F2NO3S. The number of rotatable bonds is 2. The largest absolute Gasteiger partial charge is 0.480 e. The van der Waals surface area contributed by atoms with E-state index in [1.165, 1.54) is 11.8 Å². The van der Waals surface area contributed by atoms with Gasteiger partial charge in [-0.3, -0.25) is 4.79 Å². The monoisotopic (exact) mass is 273 g/mol. The number of hydrogen-bond donors (Lipinski definition) is 1. The van der Waals surface area contributed by atoms with Crippen LogP contribution in [0.5, 0.6) is 0 Å². The van der Waals surface area contributed by atoms with E-state index in [0.717, 1.165) is 17.0 Å². The van der Waals surface area contributed by atoms with Crippen molar-refractivity contribution in [1.82, 2.24) is 4.90 Å². The summed E-state index contributed by atoms with van der Waals surface area (Å²) in [5.41, 5.74) is -0.315. The Morgan fingerprint density at radius 1 is 1.39 bits per heavy atom. The van der Waals surface area contributed by atoms with Crippen molar-refractivity contribution >= 4 is 23.6 Å². The molecule has 18 heavy (non-hydrogen) atoms. The maximum absolute atomic E-state index is 13.4. The second kappa shape index (κ2) is 4.93. The molecule has 2 rings (SSSR count). The molecule has 7 heteroatoms. The highest BCUT2D eigenvalue weighted by atomic mass is 32.2. The molecule has 1 aliphatic heterocycles. The Morgan fingerprint density at radius 2 is 2.11 bits per heavy atom. The molecule has 1 atom stereocenters. The van der Waals surface area contributed by atoms with Gasteiger partial charge in [0.05, 0.1) is 11.4 Å². The maximum atomic E-state index is 13.4. The van der Waals surface area contributed by atoms with E-state index in [4.69, 9.17) is 5.11 Å². The average molecular weight is 273 g/mol. The number of carbonyl (C=O) groups is 2. The van der Waals surface area contributed by atoms with E-state index in [9.17, 15) is 18.4 Å². The number of thioether (sulfide) groups is 1. The first-order valence-electron chi connectivity index (χ1n) is 5.07. The predicted octanol–water partition coefficient (Wildman–Crippen LogP) is 1.56. The molecule has 4 nitrogen and oxygen atoms in total. The number of aliphatic carboxylic acids is 1. The number of carboxylic acid groups (broad SMARTS) is 1. The molecule has 0 radical (unpaired) electrons. The van der Waals surface area contributed by atoms with Gasteiger partial charge in [0.15, 0.2) is 0 Å². The standard InChI is InChI=1S/C11H9F2NO3S/c12-6-1-2-7(8(13)3-6)10(15)14-5-18-4-9(14)11(16)17/h1-3,9H,4-5H2,(H,16,17)/t9-/m0/s1. The van der Waals surface area contributed by atoms with Gasteiger partial charge in [-0.2, -0.15) is 0 Å². The summed E-state index contributed by atoms with van der Waals surface area (Å²) in [5, 5.41) is 8.93. The zero-order valence-electron chi connectivity index (χ0n) is 9.10. The molecule has 1 saturated heterocycles. The van der Waals surface area contributed by atoms with Gasteiger partial charge < -0.3 is 10.0 Å². The Kier molecular flexibility index (Phi) is 3.51. The first-order chi connectivity index (χ1) is 8.50. The minimum atomic E-state index is -1.13. The van der Waals surface area contributed by atoms with Crippen LogP contribution in [0.15, 0.2) is 18.2 Å². The number of nitrogens with zero attached hydrogens (tertiary/aromatic N) is 1. The maximum Gasteiger partial charge on any atom is 0.327 e. The molecular weight excluding hydrogens is 264 g/mol. The number of halogens is 2. The Morgan fingerprint density at radius 3 is 2.72 bits per heavy atom. The summed E-state index contributed by atoms with van der Waals surface area (Å²) in [6, 6.07) is 1.63. The highest BCUT2D eigenvalue weighted by molar-refractivity contribution is 7.99. The molecule has 0 unspecified atom stereocenters. The third kappa shape index (κ3) is 2.31. The summed E-state index contributed by atoms with van der Waals surface area (Å²) >= 11 is 1.28. The minimum absolute atomic E-state index is 0.187. The molecule has 1 aromatic carbocycles. The Balaban J connectivity index is 2.28. The van der Waals surface area contributed by atoms with Crippen molar-refractivity contribution in [3.63, 3.8) is 0 Å². The lowest BCUT2D eigenvalue weighted by Gasteiger charge is -2.20. The van der Waals surface area contributed by atoms with Crippen molar-refractivity contribution in [3.8, 4) is 0 Å². The van der Waals surface area contributed by atoms with Crippen LogP contribution in [0, 0.1) is 11.6 Å². The molecule has 1 N–H and O–H groups in total. The molecule has 1 fully saturated rings. The summed E-state index contributed by atoms with van der Waals surface area (Å²) in [4.78, 5) is 24.0. The molecule has 0 aromatic heterocycles. The van der Waals surface area contributed by atoms with Gasteiger partial charge in [-0.1, -0.05) is 0 Å². The van der Waals surface area contributed by atoms with Crippen molar-refractivity contribution in [2.75, 3.05) is 11.6 Å². The topological polar surface area (TPSA) is 57.6 Å². The minimum Gasteiger partial charge on any atom is -0.480 e. The normalized spacial score (nSPS) is 19.0. The fourth-order valence-electron chi connectivity index (χ4n) is 1.67. The average Bonchev–Trinajstić information content (AvgIpc) is 2.77. The van der Waals surface area contributed by atoms with Crippen molar-refractivity contribution in [2.24, 2.45) is 0 Å². The fourth-order valence-corrected chi connectivity index (χ4v) is 2.81. The van der Waals surface area contributed by atoms with Crippen LogP contribution < -0.4 is 0 Å². The number of carboxylic acids is 1. The molecule has 96 valence electrons. The Labute approximate surface area is 106 Å². The number of carbonyl (C=O) groups excluding carboxylic acids is 1. The van der Waals surface area contributed by atoms with Gasteiger partial charge in [-0.25, -0.2) is 13.6 Å². The van der Waals surface area contributed by atoms with Gasteiger partial charge in [0, 0.05) is 11.8 Å². The van der Waals surface area contributed by atoms with E-state index < -0.39 is 29.6 Å². The lowest BCUT2D eigenvalue weighted by Crippen LogP contribution is -2.42. The molecule has 0 aliphatic carbocycles. The third-order valence-electron chi connectivity index (χ3n) is 2.59. The second-order valence-electron chi connectivity index (χ2n) is 3.75. The van der Waals surface area contributed by atoms with Crippen molar-refractivity contribution in [1.29, 1.82) is 0 Å². The molecule has 0 bridgehead atoms. The highest BCUT2D eigenvalue weighted by Crippen LogP contribution is 2.24. The van der Waals surface area contributed by atoms with E-state index in [2.05, 4.69) is 0 Å². The van der Waals surface area contributed by atoms with E-state index >= 15 is 0 Å². The second-order valence-corrected chi connectivity index (χ2v) is 4.75. The molecule has 1 heterocycles. The van der Waals surface area contributed by atoms with Gasteiger partial charge >= 0.3 is 5.97 Å². The summed E-state index contributed by atoms with van der Waals surface area (Å²) in [6.45, 7) is 0. The van der Waals surface area contributed by atoms with Gasteiger partial charge in [0.2, 0.25) is 0 Å². The highest BCUT2D eigenvalue weighted by Gasteiger charge is 2.35. The number of benzene rings is 1. The zero-order chi connectivity index (χ0) is 13.3. The van der Waals surface area contributed by atoms with E-state index in [-0.39, 0.29) is 17.2 Å². The predicted molar refractivity (Wildman–Crippen MR) is 61.3 cm³/mol. The van der Waals surface area contributed by atoms with Gasteiger partial charge in [-0.05, 0) is 12.1 Å². The summed E-state index contributed by atoms with van der Waals surface area (Å²) in [5.74, 6) is -3.17. The van der Waals surface area contributed by atoms with Crippen LogP contribution >= 0.6 is 11.8 Å². The molecule has 1 amide bonds. The van der Waals surface area contributed by atoms with Crippen LogP contribution in [-0.2, 0) is 4.79 Å². The van der Waals surface area contributed by atoms with Crippen LogP contribution in [-0.4, -0.2) is 39.6 Å². The lowest BCUT2D eigenvalue weighted by molar-refractivity contribution is -0.140. The van der Waals surface area contributed by atoms with Crippen molar-refractivity contribution in [2.45, 2.75) is 6.04 Å². The summed E-state index contributed by atoms with van der Waals surface area (Å²) in [6.07, 6.45) is 0. The first kappa shape index (κ1) is 12.8. The van der Waals surface area contributed by atoms with Crippen LogP contribution in [0.1, 0.15) is 10.4 Å².